The highest BCUT2D eigenvalue weighted by atomic mass is 32.1. The number of hydrogen-bond donors (Lipinski definition) is 2. The summed E-state index contributed by atoms with van der Waals surface area (Å²) >= 11 is 1.56. The number of hydrogen-bond acceptors (Lipinski definition) is 3. The van der Waals surface area contributed by atoms with Gasteiger partial charge in [-0.05, 0) is 48.2 Å². The molecular weight excluding hydrogens is 339 g/mol. The molecule has 25 heavy (non-hydrogen) atoms. The number of thiophene rings is 1. The lowest BCUT2D eigenvalue weighted by atomic mass is 10.1. The minimum atomic E-state index is -0.291. The lowest BCUT2D eigenvalue weighted by Crippen LogP contribution is -2.87. The monoisotopic (exact) mass is 359 g/mol. The molecule has 0 bridgehead atoms. The van der Waals surface area contributed by atoms with E-state index in [9.17, 15) is 9.18 Å². The van der Waals surface area contributed by atoms with Gasteiger partial charge < -0.3 is 15.1 Å². The minimum absolute atomic E-state index is 0.0618. The van der Waals surface area contributed by atoms with Crippen LogP contribution in [0.4, 0.5) is 4.39 Å². The van der Waals surface area contributed by atoms with Crippen LogP contribution in [0.1, 0.15) is 35.2 Å². The van der Waals surface area contributed by atoms with Gasteiger partial charge in [-0.2, -0.15) is 0 Å². The molecule has 0 fully saturated rings. The lowest BCUT2D eigenvalue weighted by Gasteiger charge is -2.18. The van der Waals surface area contributed by atoms with Crippen LogP contribution in [0.3, 0.4) is 0 Å². The van der Waals surface area contributed by atoms with Gasteiger partial charge in [-0.1, -0.05) is 18.2 Å². The van der Waals surface area contributed by atoms with Crippen LogP contribution in [0.25, 0.3) is 0 Å². The van der Waals surface area contributed by atoms with Crippen LogP contribution in [-0.4, -0.2) is 12.5 Å². The molecule has 6 heteroatoms. The number of quaternary nitrogens is 1. The molecule has 0 aliphatic carbocycles. The van der Waals surface area contributed by atoms with Gasteiger partial charge in [0.25, 0.3) is 5.91 Å². The van der Waals surface area contributed by atoms with Gasteiger partial charge in [0.2, 0.25) is 0 Å². The van der Waals surface area contributed by atoms with Crippen molar-refractivity contribution in [3.63, 3.8) is 0 Å². The Hall–Kier alpha value is -2.44. The molecule has 1 amide bonds. The van der Waals surface area contributed by atoms with Crippen molar-refractivity contribution >= 4 is 17.2 Å². The molecule has 3 N–H and O–H groups in total. The van der Waals surface area contributed by atoms with Crippen molar-refractivity contribution in [1.29, 1.82) is 0 Å². The fourth-order valence-electron chi connectivity index (χ4n) is 2.60. The van der Waals surface area contributed by atoms with E-state index in [1.807, 2.05) is 41.9 Å². The Balaban J connectivity index is 1.66. The van der Waals surface area contributed by atoms with Crippen LogP contribution in [0.15, 0.2) is 64.6 Å². The summed E-state index contributed by atoms with van der Waals surface area (Å²) in [6.45, 7) is 2.27. The first-order valence-corrected chi connectivity index (χ1v) is 8.96. The van der Waals surface area contributed by atoms with Gasteiger partial charge >= 0.3 is 0 Å². The van der Waals surface area contributed by atoms with Crippen molar-refractivity contribution in [2.75, 3.05) is 6.54 Å². The third kappa shape index (κ3) is 4.55. The maximum atomic E-state index is 13.2. The predicted octanol–water partition coefficient (Wildman–Crippen LogP) is 3.01. The minimum Gasteiger partial charge on any atom is -0.463 e. The highest BCUT2D eigenvalue weighted by Gasteiger charge is 2.20. The molecule has 0 saturated carbocycles. The molecular formula is C19H20FN2O2S+. The van der Waals surface area contributed by atoms with E-state index in [0.29, 0.717) is 0 Å². The summed E-state index contributed by atoms with van der Waals surface area (Å²) in [5.74, 6) is 0.461. The molecule has 2 aromatic heterocycles. The SMILES string of the molecule is C[C@@H]([NH2+]CC(=O)N[C@@H](c1ccc(F)cc1)c1cccs1)c1ccco1. The van der Waals surface area contributed by atoms with Crippen LogP contribution >= 0.6 is 11.3 Å². The summed E-state index contributed by atoms with van der Waals surface area (Å²) < 4.78 is 18.6. The average Bonchev–Trinajstić information content (AvgIpc) is 3.31. The van der Waals surface area contributed by atoms with Crippen molar-refractivity contribution in [3.05, 3.63) is 82.2 Å². The molecule has 2 heterocycles. The number of benzene rings is 1. The van der Waals surface area contributed by atoms with Gasteiger partial charge in [0, 0.05) is 4.88 Å². The number of rotatable bonds is 7. The maximum absolute atomic E-state index is 13.2. The molecule has 2 atom stereocenters. The summed E-state index contributed by atoms with van der Waals surface area (Å²) in [4.78, 5) is 13.4. The van der Waals surface area contributed by atoms with Crippen molar-refractivity contribution in [2.45, 2.75) is 19.0 Å². The quantitative estimate of drug-likeness (QED) is 0.681. The number of carbonyl (C=O) groups excluding carboxylic acids is 1. The summed E-state index contributed by atoms with van der Waals surface area (Å²) in [7, 11) is 0. The molecule has 3 aromatic rings. The van der Waals surface area contributed by atoms with E-state index in [1.165, 1.54) is 12.1 Å². The van der Waals surface area contributed by atoms with E-state index in [1.54, 1.807) is 29.7 Å². The van der Waals surface area contributed by atoms with Crippen LogP contribution in [0.5, 0.6) is 0 Å². The summed E-state index contributed by atoms with van der Waals surface area (Å²) in [6, 6.07) is 13.6. The molecule has 0 saturated heterocycles. The molecule has 1 aromatic carbocycles. The second-order valence-corrected chi connectivity index (χ2v) is 6.79. The lowest BCUT2D eigenvalue weighted by molar-refractivity contribution is -0.684. The first-order valence-electron chi connectivity index (χ1n) is 8.08. The van der Waals surface area contributed by atoms with Gasteiger partial charge in [-0.3, -0.25) is 4.79 Å². The Labute approximate surface area is 149 Å². The molecule has 0 aliphatic heterocycles. The van der Waals surface area contributed by atoms with Crippen molar-refractivity contribution in [1.82, 2.24) is 5.32 Å². The number of halogens is 1. The van der Waals surface area contributed by atoms with E-state index in [4.69, 9.17) is 4.42 Å². The topological polar surface area (TPSA) is 58.9 Å². The second-order valence-electron chi connectivity index (χ2n) is 5.81. The summed E-state index contributed by atoms with van der Waals surface area (Å²) in [6.07, 6.45) is 1.63. The van der Waals surface area contributed by atoms with Crippen molar-refractivity contribution in [2.24, 2.45) is 0 Å². The van der Waals surface area contributed by atoms with E-state index in [0.717, 1.165) is 16.2 Å². The van der Waals surface area contributed by atoms with Gasteiger partial charge in [0.05, 0.1) is 12.3 Å². The standard InChI is InChI=1S/C19H19FN2O2S/c1-13(16-4-2-10-24-16)21-12-18(23)22-19(17-5-3-11-25-17)14-6-8-15(20)9-7-14/h2-11,13,19,21H,12H2,1H3,(H,22,23)/p+1/t13-,19+/m1/s1. The Morgan fingerprint density at radius 3 is 2.68 bits per heavy atom. The van der Waals surface area contributed by atoms with Crippen molar-refractivity contribution < 1.29 is 18.9 Å². The van der Waals surface area contributed by atoms with E-state index >= 15 is 0 Å². The fraction of sp³-hybridized carbons (Fsp3) is 0.211. The predicted molar refractivity (Wildman–Crippen MR) is 94.6 cm³/mol. The van der Waals surface area contributed by atoms with Crippen LogP contribution in [0, 0.1) is 5.82 Å². The zero-order chi connectivity index (χ0) is 17.6. The molecule has 0 spiro atoms. The number of nitrogens with two attached hydrogens (primary N) is 1. The maximum Gasteiger partial charge on any atom is 0.275 e. The van der Waals surface area contributed by atoms with E-state index < -0.39 is 0 Å². The molecule has 0 unspecified atom stereocenters. The fourth-order valence-corrected chi connectivity index (χ4v) is 3.40. The number of nitrogens with one attached hydrogen (secondary N) is 1. The van der Waals surface area contributed by atoms with Crippen molar-refractivity contribution in [3.8, 4) is 0 Å². The smallest absolute Gasteiger partial charge is 0.275 e. The zero-order valence-corrected chi connectivity index (χ0v) is 14.6. The van der Waals surface area contributed by atoms with Gasteiger partial charge in [0.15, 0.2) is 12.3 Å². The second kappa shape index (κ2) is 8.09. The van der Waals surface area contributed by atoms with Crippen LogP contribution < -0.4 is 10.6 Å². The first kappa shape index (κ1) is 17.4. The largest absolute Gasteiger partial charge is 0.463 e. The number of carbonyl (C=O) groups is 1. The average molecular weight is 359 g/mol. The zero-order valence-electron chi connectivity index (χ0n) is 13.8. The Morgan fingerprint density at radius 2 is 2.04 bits per heavy atom. The number of furan rings is 1. The Kier molecular flexibility index (Phi) is 5.63. The molecule has 0 radical (unpaired) electrons. The van der Waals surface area contributed by atoms with E-state index in [-0.39, 0.29) is 30.4 Å². The highest BCUT2D eigenvalue weighted by molar-refractivity contribution is 7.10. The molecule has 3 rings (SSSR count). The summed E-state index contributed by atoms with van der Waals surface area (Å²) in [5, 5.41) is 6.93. The van der Waals surface area contributed by atoms with Gasteiger partial charge in [-0.15, -0.1) is 11.3 Å². The molecule has 4 nitrogen and oxygen atoms in total. The molecule has 130 valence electrons. The Bertz CT molecular complexity index is 785. The third-order valence-corrected chi connectivity index (χ3v) is 4.92. The summed E-state index contributed by atoms with van der Waals surface area (Å²) in [5.41, 5.74) is 0.858. The molecule has 0 aliphatic rings. The van der Waals surface area contributed by atoms with E-state index in [2.05, 4.69) is 5.32 Å². The normalized spacial score (nSPS) is 13.4. The van der Waals surface area contributed by atoms with Crippen LogP contribution in [0.2, 0.25) is 0 Å². The Morgan fingerprint density at radius 1 is 1.24 bits per heavy atom. The van der Waals surface area contributed by atoms with Gasteiger partial charge in [0.1, 0.15) is 11.9 Å². The number of amides is 1. The third-order valence-electron chi connectivity index (χ3n) is 3.99. The first-order chi connectivity index (χ1) is 12.1. The van der Waals surface area contributed by atoms with Crippen LogP contribution in [-0.2, 0) is 4.79 Å². The highest BCUT2D eigenvalue weighted by Crippen LogP contribution is 2.26. The van der Waals surface area contributed by atoms with Gasteiger partial charge in [-0.25, -0.2) is 4.39 Å².